The van der Waals surface area contributed by atoms with Gasteiger partial charge in [-0.25, -0.2) is 9.78 Å². The van der Waals surface area contributed by atoms with Crippen LogP contribution in [-0.4, -0.2) is 39.1 Å². The van der Waals surface area contributed by atoms with E-state index in [0.717, 1.165) is 12.2 Å². The third kappa shape index (κ3) is 5.25. The second-order valence-electron chi connectivity index (χ2n) is 4.90. The topological polar surface area (TPSA) is 92.1 Å². The first-order chi connectivity index (χ1) is 9.04. The third-order valence-electron chi connectivity index (χ3n) is 2.69. The van der Waals surface area contributed by atoms with Gasteiger partial charge in [-0.3, -0.25) is 4.68 Å². The highest BCUT2D eigenvalue weighted by molar-refractivity contribution is 5.74. The second-order valence-corrected chi connectivity index (χ2v) is 4.90. The summed E-state index contributed by atoms with van der Waals surface area (Å²) < 4.78 is 1.67. The molecule has 0 unspecified atom stereocenters. The van der Waals surface area contributed by atoms with Gasteiger partial charge in [0.05, 0.1) is 6.04 Å². The van der Waals surface area contributed by atoms with Crippen molar-refractivity contribution in [2.24, 2.45) is 13.0 Å². The number of urea groups is 1. The predicted molar refractivity (Wildman–Crippen MR) is 71.4 cm³/mol. The average molecular weight is 269 g/mol. The highest BCUT2D eigenvalue weighted by Crippen LogP contribution is 2.18. The molecule has 0 aliphatic carbocycles. The lowest BCUT2D eigenvalue weighted by Gasteiger charge is -2.20. The molecular weight excluding hydrogens is 246 g/mol. The summed E-state index contributed by atoms with van der Waals surface area (Å²) >= 11 is 0. The molecule has 0 fully saturated rings. The number of carbonyl (C=O) groups is 1. The molecule has 1 atom stereocenters. The lowest BCUT2D eigenvalue weighted by Crippen LogP contribution is -2.39. The van der Waals surface area contributed by atoms with E-state index in [1.165, 1.54) is 6.33 Å². The van der Waals surface area contributed by atoms with Gasteiger partial charge < -0.3 is 15.7 Å². The number of nitrogens with zero attached hydrogens (tertiary/aromatic N) is 3. The van der Waals surface area contributed by atoms with Gasteiger partial charge in [0.1, 0.15) is 12.2 Å². The van der Waals surface area contributed by atoms with Crippen LogP contribution in [-0.2, 0) is 7.05 Å². The minimum Gasteiger partial charge on any atom is -0.396 e. The van der Waals surface area contributed by atoms with Crippen molar-refractivity contribution in [1.82, 2.24) is 25.4 Å². The van der Waals surface area contributed by atoms with Crippen molar-refractivity contribution in [3.63, 3.8) is 0 Å². The number of hydrogen-bond donors (Lipinski definition) is 3. The minimum absolute atomic E-state index is 0.0684. The predicted octanol–water partition coefficient (Wildman–Crippen LogP) is 0.584. The van der Waals surface area contributed by atoms with Crippen LogP contribution in [0.3, 0.4) is 0 Å². The Morgan fingerprint density at radius 1 is 1.53 bits per heavy atom. The van der Waals surface area contributed by atoms with E-state index in [1.807, 2.05) is 0 Å². The third-order valence-corrected chi connectivity index (χ3v) is 2.69. The van der Waals surface area contributed by atoms with E-state index < -0.39 is 0 Å². The number of hydrogen-bond acceptors (Lipinski definition) is 4. The van der Waals surface area contributed by atoms with Gasteiger partial charge in [0.25, 0.3) is 0 Å². The maximum Gasteiger partial charge on any atom is 0.315 e. The molecule has 0 saturated carbocycles. The molecule has 0 aliphatic heterocycles. The van der Waals surface area contributed by atoms with Gasteiger partial charge in [-0.2, -0.15) is 5.10 Å². The molecular formula is C12H23N5O2. The Kier molecular flexibility index (Phi) is 6.27. The van der Waals surface area contributed by atoms with Crippen LogP contribution in [0.4, 0.5) is 4.79 Å². The molecule has 1 aromatic heterocycles. The van der Waals surface area contributed by atoms with Gasteiger partial charge >= 0.3 is 6.03 Å². The highest BCUT2D eigenvalue weighted by atomic mass is 16.3. The van der Waals surface area contributed by atoms with E-state index in [9.17, 15) is 4.79 Å². The number of nitrogens with one attached hydrogen (secondary N) is 2. The van der Waals surface area contributed by atoms with Gasteiger partial charge in [-0.15, -0.1) is 0 Å². The Hall–Kier alpha value is -1.63. The van der Waals surface area contributed by atoms with Crippen molar-refractivity contribution in [3.05, 3.63) is 12.2 Å². The van der Waals surface area contributed by atoms with Crippen LogP contribution < -0.4 is 10.6 Å². The fourth-order valence-electron chi connectivity index (χ4n) is 1.81. The molecule has 0 saturated heterocycles. The number of aliphatic hydroxyl groups is 1. The summed E-state index contributed by atoms with van der Waals surface area (Å²) in [6.45, 7) is 4.71. The summed E-state index contributed by atoms with van der Waals surface area (Å²) in [4.78, 5) is 15.9. The van der Waals surface area contributed by atoms with E-state index in [2.05, 4.69) is 34.6 Å². The largest absolute Gasteiger partial charge is 0.396 e. The molecule has 0 spiro atoms. The van der Waals surface area contributed by atoms with Crippen LogP contribution in [0.5, 0.6) is 0 Å². The SMILES string of the molecule is CC(C)C[C@@H](NC(=O)NCCCO)c1ncnn1C. The van der Waals surface area contributed by atoms with Gasteiger partial charge in [-0.1, -0.05) is 13.8 Å². The van der Waals surface area contributed by atoms with Gasteiger partial charge in [-0.05, 0) is 18.8 Å². The van der Waals surface area contributed by atoms with E-state index in [4.69, 9.17) is 5.11 Å². The van der Waals surface area contributed by atoms with Crippen LogP contribution in [0.25, 0.3) is 0 Å². The number of rotatable bonds is 7. The van der Waals surface area contributed by atoms with Gasteiger partial charge in [0, 0.05) is 20.2 Å². The summed E-state index contributed by atoms with van der Waals surface area (Å²) in [6, 6.07) is -0.413. The molecule has 0 aromatic carbocycles. The van der Waals surface area contributed by atoms with E-state index in [1.54, 1.807) is 11.7 Å². The normalized spacial score (nSPS) is 12.5. The molecule has 1 rings (SSSR count). The number of amides is 2. The maximum absolute atomic E-state index is 11.8. The quantitative estimate of drug-likeness (QED) is 0.631. The Bertz CT molecular complexity index is 391. The standard InChI is InChI=1S/C12H23N5O2/c1-9(2)7-10(11-14-8-15-17(11)3)16-12(19)13-5-4-6-18/h8-10,18H,4-7H2,1-3H3,(H2,13,16,19)/t10-/m1/s1. The highest BCUT2D eigenvalue weighted by Gasteiger charge is 2.20. The molecule has 0 bridgehead atoms. The van der Waals surface area contributed by atoms with E-state index >= 15 is 0 Å². The summed E-state index contributed by atoms with van der Waals surface area (Å²) in [6.07, 6.45) is 2.82. The zero-order valence-electron chi connectivity index (χ0n) is 11.8. The molecule has 0 radical (unpaired) electrons. The van der Waals surface area contributed by atoms with Gasteiger partial charge in [0.2, 0.25) is 0 Å². The van der Waals surface area contributed by atoms with Crippen molar-refractivity contribution >= 4 is 6.03 Å². The van der Waals surface area contributed by atoms with E-state index in [0.29, 0.717) is 18.9 Å². The summed E-state index contributed by atoms with van der Waals surface area (Å²) in [7, 11) is 1.81. The minimum atomic E-state index is -0.248. The van der Waals surface area contributed by atoms with E-state index in [-0.39, 0.29) is 18.7 Å². The Labute approximate surface area is 113 Å². The maximum atomic E-state index is 11.8. The molecule has 3 N–H and O–H groups in total. The van der Waals surface area contributed by atoms with Crippen molar-refractivity contribution in [2.45, 2.75) is 32.7 Å². The summed E-state index contributed by atoms with van der Waals surface area (Å²) in [5.41, 5.74) is 0. The summed E-state index contributed by atoms with van der Waals surface area (Å²) in [5.74, 6) is 1.17. The average Bonchev–Trinajstić information content (AvgIpc) is 2.74. The smallest absolute Gasteiger partial charge is 0.315 e. The zero-order chi connectivity index (χ0) is 14.3. The second kappa shape index (κ2) is 7.73. The number of carbonyl (C=O) groups excluding carboxylic acids is 1. The van der Waals surface area contributed by atoms with Crippen molar-refractivity contribution in [1.29, 1.82) is 0 Å². The number of aliphatic hydroxyl groups excluding tert-OH is 1. The molecule has 2 amide bonds. The Balaban J connectivity index is 2.60. The lowest BCUT2D eigenvalue weighted by molar-refractivity contribution is 0.231. The summed E-state index contributed by atoms with van der Waals surface area (Å²) in [5, 5.41) is 18.3. The van der Waals surface area contributed by atoms with Crippen molar-refractivity contribution < 1.29 is 9.90 Å². The Morgan fingerprint density at radius 3 is 2.79 bits per heavy atom. The first-order valence-electron chi connectivity index (χ1n) is 6.53. The monoisotopic (exact) mass is 269 g/mol. The molecule has 108 valence electrons. The molecule has 7 nitrogen and oxygen atoms in total. The lowest BCUT2D eigenvalue weighted by atomic mass is 10.0. The Morgan fingerprint density at radius 2 is 2.26 bits per heavy atom. The molecule has 0 aliphatic rings. The van der Waals surface area contributed by atoms with Crippen LogP contribution >= 0.6 is 0 Å². The van der Waals surface area contributed by atoms with Crippen molar-refractivity contribution in [2.75, 3.05) is 13.2 Å². The first kappa shape index (κ1) is 15.4. The zero-order valence-corrected chi connectivity index (χ0v) is 11.8. The number of aryl methyl sites for hydroxylation is 1. The van der Waals surface area contributed by atoms with Crippen LogP contribution in [0.15, 0.2) is 6.33 Å². The van der Waals surface area contributed by atoms with Crippen LogP contribution in [0.2, 0.25) is 0 Å². The fourth-order valence-corrected chi connectivity index (χ4v) is 1.81. The van der Waals surface area contributed by atoms with Crippen molar-refractivity contribution in [3.8, 4) is 0 Å². The molecule has 1 heterocycles. The fraction of sp³-hybridized carbons (Fsp3) is 0.750. The van der Waals surface area contributed by atoms with Gasteiger partial charge in [0.15, 0.2) is 0 Å². The van der Waals surface area contributed by atoms with Crippen LogP contribution in [0.1, 0.15) is 38.6 Å². The first-order valence-corrected chi connectivity index (χ1v) is 6.53. The number of aromatic nitrogens is 3. The molecule has 19 heavy (non-hydrogen) atoms. The van der Waals surface area contributed by atoms with Crippen LogP contribution in [0, 0.1) is 5.92 Å². The molecule has 1 aromatic rings. The molecule has 7 heteroatoms.